The zero-order valence-corrected chi connectivity index (χ0v) is 12.9. The van der Waals surface area contributed by atoms with Crippen molar-refractivity contribution in [3.8, 4) is 5.75 Å². The molecule has 2 atom stereocenters. The molecule has 1 aromatic carbocycles. The van der Waals surface area contributed by atoms with E-state index in [1.807, 2.05) is 0 Å². The SMILES string of the molecule is Cc1ncc(OC[C@@]2(c3cccc(F)c3)C[C@H]2C(=O)O)c(C)n1. The van der Waals surface area contributed by atoms with Crippen molar-refractivity contribution in [1.29, 1.82) is 0 Å². The first-order valence-corrected chi connectivity index (χ1v) is 7.34. The quantitative estimate of drug-likeness (QED) is 0.918. The summed E-state index contributed by atoms with van der Waals surface area (Å²) in [6.07, 6.45) is 2.01. The number of benzene rings is 1. The maximum atomic E-state index is 13.5. The average molecular weight is 316 g/mol. The molecule has 1 aliphatic carbocycles. The number of carboxylic acids is 1. The Morgan fingerprint density at radius 2 is 2.26 bits per heavy atom. The highest BCUT2D eigenvalue weighted by Gasteiger charge is 2.60. The Kier molecular flexibility index (Phi) is 3.75. The molecule has 120 valence electrons. The zero-order chi connectivity index (χ0) is 16.6. The lowest BCUT2D eigenvalue weighted by Gasteiger charge is -2.18. The van der Waals surface area contributed by atoms with E-state index in [0.717, 1.165) is 0 Å². The summed E-state index contributed by atoms with van der Waals surface area (Å²) in [5.41, 5.74) is 0.639. The summed E-state index contributed by atoms with van der Waals surface area (Å²) >= 11 is 0. The van der Waals surface area contributed by atoms with Crippen molar-refractivity contribution in [3.05, 3.63) is 53.4 Å². The van der Waals surface area contributed by atoms with E-state index in [4.69, 9.17) is 4.74 Å². The molecule has 6 heteroatoms. The standard InChI is InChI=1S/C17H17FN2O3/c1-10-15(8-19-11(2)20-10)23-9-17(7-14(17)16(21)22)12-4-3-5-13(18)6-12/h3-6,8,14H,7,9H2,1-2H3,(H,21,22)/t14-,17+/m0/s1. The highest BCUT2D eigenvalue weighted by Crippen LogP contribution is 2.54. The second-order valence-electron chi connectivity index (χ2n) is 5.92. The number of carboxylic acid groups (broad SMARTS) is 1. The fourth-order valence-corrected chi connectivity index (χ4v) is 2.91. The molecule has 1 N–H and O–H groups in total. The van der Waals surface area contributed by atoms with Crippen molar-refractivity contribution >= 4 is 5.97 Å². The van der Waals surface area contributed by atoms with Gasteiger partial charge in [0.15, 0.2) is 5.75 Å². The summed E-state index contributed by atoms with van der Waals surface area (Å²) in [6.45, 7) is 3.74. The number of aryl methyl sites for hydroxylation is 2. The zero-order valence-electron chi connectivity index (χ0n) is 12.9. The Morgan fingerprint density at radius 1 is 1.48 bits per heavy atom. The van der Waals surface area contributed by atoms with Crippen LogP contribution in [0.5, 0.6) is 5.75 Å². The molecule has 1 aliphatic rings. The molecule has 0 aliphatic heterocycles. The third kappa shape index (κ3) is 2.88. The van der Waals surface area contributed by atoms with Crippen LogP contribution in [0.3, 0.4) is 0 Å². The van der Waals surface area contributed by atoms with E-state index in [9.17, 15) is 14.3 Å². The van der Waals surface area contributed by atoms with Gasteiger partial charge >= 0.3 is 5.97 Å². The van der Waals surface area contributed by atoms with Crippen LogP contribution in [0.1, 0.15) is 23.5 Å². The normalized spacial score (nSPS) is 22.7. The van der Waals surface area contributed by atoms with Crippen LogP contribution >= 0.6 is 0 Å². The van der Waals surface area contributed by atoms with Gasteiger partial charge in [0.05, 0.1) is 24.4 Å². The largest absolute Gasteiger partial charge is 0.489 e. The number of rotatable bonds is 5. The van der Waals surface area contributed by atoms with Crippen molar-refractivity contribution in [2.75, 3.05) is 6.61 Å². The maximum Gasteiger partial charge on any atom is 0.307 e. The van der Waals surface area contributed by atoms with E-state index in [0.29, 0.717) is 29.3 Å². The minimum atomic E-state index is -0.894. The first-order chi connectivity index (χ1) is 10.9. The van der Waals surface area contributed by atoms with Gasteiger partial charge < -0.3 is 9.84 Å². The van der Waals surface area contributed by atoms with E-state index >= 15 is 0 Å². The van der Waals surface area contributed by atoms with Gasteiger partial charge in [-0.05, 0) is 38.0 Å². The highest BCUT2D eigenvalue weighted by molar-refractivity contribution is 5.77. The number of nitrogens with zero attached hydrogens (tertiary/aromatic N) is 2. The van der Waals surface area contributed by atoms with Crippen molar-refractivity contribution < 1.29 is 19.0 Å². The maximum absolute atomic E-state index is 13.5. The van der Waals surface area contributed by atoms with Crippen LogP contribution in [0.15, 0.2) is 30.5 Å². The first-order valence-electron chi connectivity index (χ1n) is 7.34. The molecule has 2 aromatic rings. The fraction of sp³-hybridized carbons (Fsp3) is 0.353. The molecule has 1 heterocycles. The Bertz CT molecular complexity index is 765. The summed E-state index contributed by atoms with van der Waals surface area (Å²) in [4.78, 5) is 19.7. The molecule has 0 spiro atoms. The summed E-state index contributed by atoms with van der Waals surface area (Å²) in [6, 6.07) is 6.05. The molecule has 1 fully saturated rings. The van der Waals surface area contributed by atoms with Gasteiger partial charge in [-0.1, -0.05) is 12.1 Å². The van der Waals surface area contributed by atoms with Crippen LogP contribution in [-0.2, 0) is 10.2 Å². The lowest BCUT2D eigenvalue weighted by molar-refractivity contribution is -0.139. The molecular weight excluding hydrogens is 299 g/mol. The van der Waals surface area contributed by atoms with E-state index in [1.54, 1.807) is 32.2 Å². The lowest BCUT2D eigenvalue weighted by Crippen LogP contribution is -2.24. The van der Waals surface area contributed by atoms with Crippen LogP contribution in [-0.4, -0.2) is 27.7 Å². The number of ether oxygens (including phenoxy) is 1. The van der Waals surface area contributed by atoms with Crippen LogP contribution in [0.2, 0.25) is 0 Å². The van der Waals surface area contributed by atoms with E-state index in [2.05, 4.69) is 9.97 Å². The molecule has 0 radical (unpaired) electrons. The molecule has 5 nitrogen and oxygen atoms in total. The summed E-state index contributed by atoms with van der Waals surface area (Å²) < 4.78 is 19.3. The molecule has 0 unspecified atom stereocenters. The third-order valence-corrected chi connectivity index (χ3v) is 4.31. The van der Waals surface area contributed by atoms with E-state index in [-0.39, 0.29) is 12.4 Å². The summed E-state index contributed by atoms with van der Waals surface area (Å²) in [5, 5.41) is 9.33. The number of hydrogen-bond donors (Lipinski definition) is 1. The topological polar surface area (TPSA) is 72.3 Å². The number of carbonyl (C=O) groups is 1. The number of hydrogen-bond acceptors (Lipinski definition) is 4. The third-order valence-electron chi connectivity index (χ3n) is 4.31. The van der Waals surface area contributed by atoms with Gasteiger partial charge in [-0.25, -0.2) is 14.4 Å². The van der Waals surface area contributed by atoms with Crippen molar-refractivity contribution in [2.45, 2.75) is 25.7 Å². The average Bonchev–Trinajstić information content (AvgIpc) is 3.23. The van der Waals surface area contributed by atoms with Crippen molar-refractivity contribution in [3.63, 3.8) is 0 Å². The molecular formula is C17H17FN2O3. The molecule has 1 aromatic heterocycles. The Hall–Kier alpha value is -2.50. The van der Waals surface area contributed by atoms with Gasteiger partial charge in [0.25, 0.3) is 0 Å². The molecule has 0 bridgehead atoms. The predicted molar refractivity (Wildman–Crippen MR) is 80.8 cm³/mol. The summed E-state index contributed by atoms with van der Waals surface area (Å²) in [7, 11) is 0. The van der Waals surface area contributed by atoms with Gasteiger partial charge in [-0.2, -0.15) is 0 Å². The molecule has 3 rings (SSSR count). The predicted octanol–water partition coefficient (Wildman–Crippen LogP) is 2.65. The second kappa shape index (κ2) is 5.61. The van der Waals surface area contributed by atoms with E-state index in [1.165, 1.54) is 12.1 Å². The number of halogens is 1. The first kappa shape index (κ1) is 15.4. The molecule has 0 saturated heterocycles. The van der Waals surface area contributed by atoms with Crippen molar-refractivity contribution in [1.82, 2.24) is 9.97 Å². The van der Waals surface area contributed by atoms with E-state index < -0.39 is 17.3 Å². The molecule has 23 heavy (non-hydrogen) atoms. The smallest absolute Gasteiger partial charge is 0.307 e. The van der Waals surface area contributed by atoms with Gasteiger partial charge in [0, 0.05) is 5.41 Å². The van der Waals surface area contributed by atoms with Crippen LogP contribution in [0.25, 0.3) is 0 Å². The molecule has 1 saturated carbocycles. The Balaban J connectivity index is 1.85. The van der Waals surface area contributed by atoms with Gasteiger partial charge in [0.1, 0.15) is 11.6 Å². The lowest BCUT2D eigenvalue weighted by atomic mass is 9.94. The minimum Gasteiger partial charge on any atom is -0.489 e. The monoisotopic (exact) mass is 316 g/mol. The number of aromatic nitrogens is 2. The Labute approximate surface area is 133 Å². The highest BCUT2D eigenvalue weighted by atomic mass is 19.1. The second-order valence-corrected chi connectivity index (χ2v) is 5.92. The fourth-order valence-electron chi connectivity index (χ4n) is 2.91. The molecule has 0 amide bonds. The van der Waals surface area contributed by atoms with Gasteiger partial charge in [-0.15, -0.1) is 0 Å². The number of aliphatic carboxylic acids is 1. The van der Waals surface area contributed by atoms with Gasteiger partial charge in [0.2, 0.25) is 0 Å². The Morgan fingerprint density at radius 3 is 2.87 bits per heavy atom. The summed E-state index contributed by atoms with van der Waals surface area (Å²) in [5.74, 6) is -0.689. The van der Waals surface area contributed by atoms with Gasteiger partial charge in [-0.3, -0.25) is 4.79 Å². The van der Waals surface area contributed by atoms with Crippen LogP contribution in [0, 0.1) is 25.6 Å². The minimum absolute atomic E-state index is 0.153. The van der Waals surface area contributed by atoms with Crippen molar-refractivity contribution in [2.24, 2.45) is 5.92 Å². The van der Waals surface area contributed by atoms with Crippen LogP contribution < -0.4 is 4.74 Å². The van der Waals surface area contributed by atoms with Crippen LogP contribution in [0.4, 0.5) is 4.39 Å².